The molecule has 250 valence electrons. The molecule has 4 N–H and O–H groups in total. The second-order valence-corrected chi connectivity index (χ2v) is 13.1. The molecule has 0 radical (unpaired) electrons. The summed E-state index contributed by atoms with van der Waals surface area (Å²) in [5.74, 6) is -0.879. The number of amides is 2. The molecule has 2 heterocycles. The summed E-state index contributed by atoms with van der Waals surface area (Å²) in [4.78, 5) is 30.5. The van der Waals surface area contributed by atoms with Gasteiger partial charge in [-0.3, -0.25) is 4.79 Å². The van der Waals surface area contributed by atoms with E-state index in [0.29, 0.717) is 42.9 Å². The number of anilines is 5. The highest BCUT2D eigenvalue weighted by Crippen LogP contribution is 2.29. The van der Waals surface area contributed by atoms with Gasteiger partial charge in [-0.05, 0) is 105 Å². The number of rotatable bonds is 8. The summed E-state index contributed by atoms with van der Waals surface area (Å²) >= 11 is 0. The fourth-order valence-electron chi connectivity index (χ4n) is 6.31. The van der Waals surface area contributed by atoms with Gasteiger partial charge in [0.2, 0.25) is 0 Å². The Morgan fingerprint density at radius 2 is 1.19 bits per heavy atom. The molecule has 2 saturated heterocycles. The minimum atomic E-state index is -0.458. The van der Waals surface area contributed by atoms with E-state index in [-0.39, 0.29) is 28.2 Å². The fourth-order valence-corrected chi connectivity index (χ4v) is 6.31. The van der Waals surface area contributed by atoms with Crippen molar-refractivity contribution < 1.29 is 24.2 Å². The van der Waals surface area contributed by atoms with Gasteiger partial charge in [0.15, 0.2) is 0 Å². The monoisotopic (exact) mass is 652 g/mol. The molecule has 2 fully saturated rings. The molecule has 10 heteroatoms. The number of benzene rings is 4. The highest BCUT2D eigenvalue weighted by Gasteiger charge is 2.31. The number of hydrogen-bond donors (Lipinski definition) is 4. The minimum absolute atomic E-state index is 0.0182. The summed E-state index contributed by atoms with van der Waals surface area (Å²) in [6.45, 7) is 2.77. The molecule has 0 atom stereocenters. The average molecular weight is 653 g/mol. The summed E-state index contributed by atoms with van der Waals surface area (Å²) in [5, 5.41) is 25.7. The highest BCUT2D eigenvalue weighted by atomic mass is 19.1. The average Bonchev–Trinajstić information content (AvgIpc) is 3.10. The Morgan fingerprint density at radius 3 is 1.75 bits per heavy atom. The van der Waals surface area contributed by atoms with Gasteiger partial charge in [-0.15, -0.1) is 0 Å². The lowest BCUT2D eigenvalue weighted by Gasteiger charge is -2.31. The summed E-state index contributed by atoms with van der Waals surface area (Å²) < 4.78 is 14.9. The molecule has 4 aromatic rings. The van der Waals surface area contributed by atoms with E-state index < -0.39 is 11.7 Å². The van der Waals surface area contributed by atoms with Crippen molar-refractivity contribution in [2.45, 2.75) is 37.9 Å². The van der Waals surface area contributed by atoms with Crippen molar-refractivity contribution in [3.63, 3.8) is 0 Å². The van der Waals surface area contributed by atoms with Crippen LogP contribution in [0.15, 0.2) is 91.0 Å². The zero-order valence-electron chi connectivity index (χ0n) is 27.4. The molecule has 9 nitrogen and oxygen atoms in total. The smallest absolute Gasteiger partial charge is 0.350 e. The van der Waals surface area contributed by atoms with Crippen LogP contribution in [0.5, 0.6) is 0 Å². The van der Waals surface area contributed by atoms with E-state index in [9.17, 15) is 24.2 Å². The maximum Gasteiger partial charge on any atom is 0.350 e. The third-order valence-electron chi connectivity index (χ3n) is 9.41. The van der Waals surface area contributed by atoms with Crippen molar-refractivity contribution in [1.29, 1.82) is 0 Å². The van der Waals surface area contributed by atoms with Crippen molar-refractivity contribution in [3.8, 4) is 0 Å². The predicted molar refractivity (Wildman–Crippen MR) is 190 cm³/mol. The first-order valence-electron chi connectivity index (χ1n) is 16.5. The minimum Gasteiger partial charge on any atom is -0.393 e. The van der Waals surface area contributed by atoms with Crippen LogP contribution in [-0.4, -0.2) is 74.5 Å². The van der Waals surface area contributed by atoms with E-state index in [1.165, 1.54) is 6.07 Å². The number of nitrogens with zero attached hydrogens (tertiary/aromatic N) is 3. The summed E-state index contributed by atoms with van der Waals surface area (Å²) in [7, 11) is 3.75. The van der Waals surface area contributed by atoms with Crippen molar-refractivity contribution >= 4 is 45.9 Å². The van der Waals surface area contributed by atoms with Crippen LogP contribution >= 0.6 is 0 Å². The van der Waals surface area contributed by atoms with Gasteiger partial charge in [0.05, 0.1) is 37.6 Å². The third-order valence-corrected chi connectivity index (χ3v) is 9.41. The van der Waals surface area contributed by atoms with E-state index in [2.05, 4.69) is 15.5 Å². The Hall–Kier alpha value is -4.77. The molecule has 2 amide bonds. The number of piperidine rings is 2. The van der Waals surface area contributed by atoms with Gasteiger partial charge in [-0.25, -0.2) is 13.7 Å². The SMILES string of the molecule is C[N+](C)(C(=O)c1ccc(N2CCC(O)CC2)cc1)c1ccc(Nc2ccc(NC(=O)c3ccc(N4CCC(O)CC4)c(F)c3)cc2)cc1. The summed E-state index contributed by atoms with van der Waals surface area (Å²) in [6.07, 6.45) is 2.13. The topological polar surface area (TPSA) is 105 Å². The van der Waals surface area contributed by atoms with Gasteiger partial charge in [-0.2, -0.15) is 0 Å². The van der Waals surface area contributed by atoms with Crippen LogP contribution < -0.4 is 24.9 Å². The van der Waals surface area contributed by atoms with Crippen LogP contribution in [0.25, 0.3) is 0 Å². The summed E-state index contributed by atoms with van der Waals surface area (Å²) in [5.41, 5.74) is 5.45. The molecular weight excluding hydrogens is 609 g/mol. The van der Waals surface area contributed by atoms with E-state index in [1.807, 2.05) is 79.7 Å². The van der Waals surface area contributed by atoms with Crippen molar-refractivity contribution in [2.24, 2.45) is 0 Å². The molecule has 48 heavy (non-hydrogen) atoms. The normalized spacial score (nSPS) is 16.1. The van der Waals surface area contributed by atoms with Crippen molar-refractivity contribution in [2.75, 3.05) is 60.7 Å². The standard InChI is InChI=1S/C38H42FN5O4/c1-44(2,38(48)26-3-12-31(13-4-26)42-21-17-33(45)18-22-42)32-14-10-29(11-15-32)40-28-6-8-30(9-7-28)41-37(47)27-5-16-36(35(39)25-27)43-23-19-34(46)20-24-43/h3-16,25,33-34,40,45-46H,17-24H2,1-2H3/p+1. The highest BCUT2D eigenvalue weighted by molar-refractivity contribution is 6.04. The van der Waals surface area contributed by atoms with Crippen LogP contribution in [0, 0.1) is 5.82 Å². The number of aliphatic hydroxyl groups is 2. The van der Waals surface area contributed by atoms with Gasteiger partial charge >= 0.3 is 5.91 Å². The summed E-state index contributed by atoms with van der Waals surface area (Å²) in [6, 6.07) is 27.2. The van der Waals surface area contributed by atoms with Crippen molar-refractivity contribution in [3.05, 3.63) is 108 Å². The van der Waals surface area contributed by atoms with Gasteiger partial charge < -0.3 is 30.6 Å². The molecule has 0 bridgehead atoms. The van der Waals surface area contributed by atoms with Crippen LogP contribution in [0.3, 0.4) is 0 Å². The molecule has 0 spiro atoms. The maximum absolute atomic E-state index is 14.9. The second kappa shape index (κ2) is 14.1. The number of carbonyl (C=O) groups is 2. The number of nitrogens with one attached hydrogen (secondary N) is 2. The van der Waals surface area contributed by atoms with Gasteiger partial charge in [0.1, 0.15) is 11.5 Å². The first-order chi connectivity index (χ1) is 23.1. The number of aliphatic hydroxyl groups excluding tert-OH is 2. The zero-order chi connectivity index (χ0) is 33.8. The molecule has 2 aliphatic heterocycles. The number of hydrogen-bond acceptors (Lipinski definition) is 7. The van der Waals surface area contributed by atoms with Crippen LogP contribution in [0.1, 0.15) is 46.4 Å². The first kappa shape index (κ1) is 33.1. The number of carbonyl (C=O) groups excluding carboxylic acids is 2. The van der Waals surface area contributed by atoms with Crippen LogP contribution in [0.2, 0.25) is 0 Å². The Labute approximate surface area is 280 Å². The zero-order valence-corrected chi connectivity index (χ0v) is 27.4. The molecular formula is C38H43FN5O4+. The molecule has 0 unspecified atom stereocenters. The lowest BCUT2D eigenvalue weighted by molar-refractivity contribution is 0.0831. The first-order valence-corrected chi connectivity index (χ1v) is 16.5. The molecule has 4 aromatic carbocycles. The Kier molecular flexibility index (Phi) is 9.77. The Morgan fingerprint density at radius 1 is 0.688 bits per heavy atom. The van der Waals surface area contributed by atoms with Gasteiger partial charge in [0.25, 0.3) is 5.91 Å². The van der Waals surface area contributed by atoms with Crippen molar-refractivity contribution in [1.82, 2.24) is 4.48 Å². The van der Waals surface area contributed by atoms with E-state index in [1.54, 1.807) is 24.3 Å². The Balaban J connectivity index is 1.03. The predicted octanol–water partition coefficient (Wildman–Crippen LogP) is 6.15. The van der Waals surface area contributed by atoms with Crippen LogP contribution in [0.4, 0.5) is 38.5 Å². The largest absolute Gasteiger partial charge is 0.393 e. The molecule has 6 rings (SSSR count). The fraction of sp³-hybridized carbons (Fsp3) is 0.316. The van der Waals surface area contributed by atoms with Gasteiger partial charge in [0, 0.05) is 66.6 Å². The second-order valence-electron chi connectivity index (χ2n) is 13.1. The Bertz CT molecular complexity index is 1730. The number of halogens is 1. The van der Waals surface area contributed by atoms with E-state index in [4.69, 9.17) is 0 Å². The molecule has 0 aromatic heterocycles. The van der Waals surface area contributed by atoms with E-state index in [0.717, 1.165) is 48.7 Å². The number of quaternary nitrogens is 1. The third kappa shape index (κ3) is 7.52. The van der Waals surface area contributed by atoms with E-state index >= 15 is 0 Å². The molecule has 0 aliphatic carbocycles. The molecule has 2 aliphatic rings. The lowest BCUT2D eigenvalue weighted by atomic mass is 10.1. The molecule has 0 saturated carbocycles. The van der Waals surface area contributed by atoms with Crippen LogP contribution in [-0.2, 0) is 0 Å². The quantitative estimate of drug-likeness (QED) is 0.169. The maximum atomic E-state index is 14.9. The lowest BCUT2D eigenvalue weighted by Crippen LogP contribution is -2.46. The van der Waals surface area contributed by atoms with Gasteiger partial charge in [-0.1, -0.05) is 0 Å².